The van der Waals surface area contributed by atoms with Crippen molar-refractivity contribution in [1.82, 2.24) is 10.6 Å². The summed E-state index contributed by atoms with van der Waals surface area (Å²) in [6, 6.07) is 4.94. The average Bonchev–Trinajstić information content (AvgIpc) is 2.49. The number of carbonyl (C=O) groups is 2. The Labute approximate surface area is 151 Å². The molecular formula is C19H32N4O2. The topological polar surface area (TPSA) is 82.3 Å². The minimum absolute atomic E-state index is 0.226. The fraction of sp³-hybridized carbons (Fsp3) is 0.579. The van der Waals surface area contributed by atoms with E-state index in [2.05, 4.69) is 28.2 Å². The monoisotopic (exact) mass is 348 g/mol. The maximum atomic E-state index is 12.0. The molecule has 0 saturated heterocycles. The highest BCUT2D eigenvalue weighted by molar-refractivity contribution is 5.94. The average molecular weight is 348 g/mol. The molecule has 0 aromatic heterocycles. The lowest BCUT2D eigenvalue weighted by atomic mass is 10.1. The number of hydrogen-bond donors (Lipinski definition) is 4. The highest BCUT2D eigenvalue weighted by Gasteiger charge is 2.15. The molecule has 25 heavy (non-hydrogen) atoms. The first-order valence-corrected chi connectivity index (χ1v) is 8.96. The number of nitrogens with one attached hydrogen (secondary N) is 4. The van der Waals surface area contributed by atoms with Crippen LogP contribution < -0.4 is 21.3 Å². The van der Waals surface area contributed by atoms with Crippen LogP contribution in [0.3, 0.4) is 0 Å². The number of carbonyl (C=O) groups excluding carboxylic acids is 2. The molecule has 4 amide bonds. The second-order valence-electron chi connectivity index (χ2n) is 7.25. The normalized spacial score (nSPS) is 10.9. The molecule has 1 aromatic rings. The summed E-state index contributed by atoms with van der Waals surface area (Å²) >= 11 is 0. The first kappa shape index (κ1) is 20.8. The second-order valence-corrected chi connectivity index (χ2v) is 7.25. The molecule has 0 aliphatic heterocycles. The Balaban J connectivity index is 2.58. The van der Waals surface area contributed by atoms with E-state index >= 15 is 0 Å². The molecule has 0 heterocycles. The van der Waals surface area contributed by atoms with Gasteiger partial charge in [0.2, 0.25) is 0 Å². The van der Waals surface area contributed by atoms with Crippen LogP contribution in [0.2, 0.25) is 0 Å². The van der Waals surface area contributed by atoms with Crippen LogP contribution in [0.25, 0.3) is 0 Å². The van der Waals surface area contributed by atoms with Crippen LogP contribution in [0.15, 0.2) is 18.2 Å². The Morgan fingerprint density at radius 2 is 1.56 bits per heavy atom. The third kappa shape index (κ3) is 8.42. The van der Waals surface area contributed by atoms with Crippen molar-refractivity contribution >= 4 is 23.4 Å². The van der Waals surface area contributed by atoms with Gasteiger partial charge in [0, 0.05) is 23.5 Å². The molecule has 4 N–H and O–H groups in total. The summed E-state index contributed by atoms with van der Waals surface area (Å²) in [5.74, 6) is 0. The molecule has 6 heteroatoms. The molecule has 0 aliphatic carbocycles. The van der Waals surface area contributed by atoms with Crippen molar-refractivity contribution in [3.8, 4) is 0 Å². The summed E-state index contributed by atoms with van der Waals surface area (Å²) in [4.78, 5) is 24.0. The molecule has 6 nitrogen and oxygen atoms in total. The first-order valence-electron chi connectivity index (χ1n) is 8.96. The predicted octanol–water partition coefficient (Wildman–Crippen LogP) is 4.62. The molecule has 0 unspecified atom stereocenters. The van der Waals surface area contributed by atoms with Gasteiger partial charge < -0.3 is 21.3 Å². The molecule has 0 saturated carbocycles. The summed E-state index contributed by atoms with van der Waals surface area (Å²) in [6.45, 7) is 10.4. The molecule has 1 rings (SSSR count). The third-order valence-electron chi connectivity index (χ3n) is 3.63. The van der Waals surface area contributed by atoms with Gasteiger partial charge in [0.25, 0.3) is 0 Å². The summed E-state index contributed by atoms with van der Waals surface area (Å²) < 4.78 is 0. The van der Waals surface area contributed by atoms with Crippen molar-refractivity contribution in [3.63, 3.8) is 0 Å². The van der Waals surface area contributed by atoms with Gasteiger partial charge in [-0.15, -0.1) is 0 Å². The van der Waals surface area contributed by atoms with Gasteiger partial charge in [-0.1, -0.05) is 32.3 Å². The van der Waals surface area contributed by atoms with Gasteiger partial charge in [-0.25, -0.2) is 9.59 Å². The Hall–Kier alpha value is -2.24. The molecule has 140 valence electrons. The summed E-state index contributed by atoms with van der Waals surface area (Å²) in [5.41, 5.74) is 1.85. The van der Waals surface area contributed by atoms with Crippen LogP contribution in [0.4, 0.5) is 21.0 Å². The molecule has 0 radical (unpaired) electrons. The van der Waals surface area contributed by atoms with Crippen LogP contribution in [0.1, 0.15) is 58.9 Å². The maximum absolute atomic E-state index is 12.0. The number of urea groups is 2. The molecule has 1 aromatic carbocycles. The summed E-state index contributed by atoms with van der Waals surface area (Å²) in [6.07, 6.45) is 4.47. The van der Waals surface area contributed by atoms with Gasteiger partial charge >= 0.3 is 12.1 Å². The Kier molecular flexibility index (Phi) is 8.25. The molecule has 0 fully saturated rings. The zero-order valence-corrected chi connectivity index (χ0v) is 16.1. The zero-order valence-electron chi connectivity index (χ0n) is 16.1. The van der Waals surface area contributed by atoms with Gasteiger partial charge in [-0.3, -0.25) is 0 Å². The fourth-order valence-electron chi connectivity index (χ4n) is 2.32. The van der Waals surface area contributed by atoms with Crippen LogP contribution in [-0.4, -0.2) is 24.1 Å². The molecular weight excluding hydrogens is 316 g/mol. The first-order chi connectivity index (χ1) is 11.7. The van der Waals surface area contributed by atoms with E-state index in [4.69, 9.17) is 0 Å². The van der Waals surface area contributed by atoms with Gasteiger partial charge in [0.05, 0.1) is 0 Å². The van der Waals surface area contributed by atoms with Crippen LogP contribution in [0.5, 0.6) is 0 Å². The minimum atomic E-state index is -0.314. The Morgan fingerprint density at radius 3 is 2.12 bits per heavy atom. The van der Waals surface area contributed by atoms with Crippen LogP contribution in [0, 0.1) is 6.92 Å². The lowest BCUT2D eigenvalue weighted by Gasteiger charge is -2.21. The second kappa shape index (κ2) is 9.91. The molecule has 0 atom stereocenters. The maximum Gasteiger partial charge on any atom is 0.319 e. The minimum Gasteiger partial charge on any atom is -0.338 e. The van der Waals surface area contributed by atoms with Crippen molar-refractivity contribution in [2.45, 2.75) is 65.8 Å². The third-order valence-corrected chi connectivity index (χ3v) is 3.63. The quantitative estimate of drug-likeness (QED) is 0.542. The standard InChI is InChI=1S/C19H32N4O2/c1-6-7-8-9-13-20-17(24)21-15-11-10-12-16(14(15)2)22-18(25)23-19(3,4)5/h10-12H,6-9,13H2,1-5H3,(H2,20,21,24)(H2,22,23,25). The van der Waals surface area contributed by atoms with E-state index in [9.17, 15) is 9.59 Å². The smallest absolute Gasteiger partial charge is 0.319 e. The highest BCUT2D eigenvalue weighted by Crippen LogP contribution is 2.23. The molecule has 0 aliphatic rings. The van der Waals surface area contributed by atoms with E-state index in [0.29, 0.717) is 17.9 Å². The van der Waals surface area contributed by atoms with Crippen molar-refractivity contribution in [2.24, 2.45) is 0 Å². The van der Waals surface area contributed by atoms with Crippen molar-refractivity contribution < 1.29 is 9.59 Å². The molecule has 0 bridgehead atoms. The van der Waals surface area contributed by atoms with E-state index < -0.39 is 0 Å². The van der Waals surface area contributed by atoms with Gasteiger partial charge in [-0.05, 0) is 51.8 Å². The number of anilines is 2. The van der Waals surface area contributed by atoms with Crippen LogP contribution in [-0.2, 0) is 0 Å². The zero-order chi connectivity index (χ0) is 18.9. The highest BCUT2D eigenvalue weighted by atomic mass is 16.2. The SMILES string of the molecule is CCCCCCNC(=O)Nc1cccc(NC(=O)NC(C)(C)C)c1C. The Bertz CT molecular complexity index is 579. The number of rotatable bonds is 7. The van der Waals surface area contributed by atoms with Crippen molar-refractivity contribution in [3.05, 3.63) is 23.8 Å². The number of unbranched alkanes of at least 4 members (excludes halogenated alkanes) is 3. The van der Waals surface area contributed by atoms with Gasteiger partial charge in [0.15, 0.2) is 0 Å². The number of amides is 4. The predicted molar refractivity (Wildman–Crippen MR) is 104 cm³/mol. The van der Waals surface area contributed by atoms with Gasteiger partial charge in [-0.2, -0.15) is 0 Å². The van der Waals surface area contributed by atoms with E-state index in [1.54, 1.807) is 6.07 Å². The summed E-state index contributed by atoms with van der Waals surface area (Å²) in [5, 5.41) is 11.4. The summed E-state index contributed by atoms with van der Waals surface area (Å²) in [7, 11) is 0. The van der Waals surface area contributed by atoms with Gasteiger partial charge in [0.1, 0.15) is 0 Å². The van der Waals surface area contributed by atoms with Crippen LogP contribution >= 0.6 is 0 Å². The van der Waals surface area contributed by atoms with E-state index in [0.717, 1.165) is 18.4 Å². The lowest BCUT2D eigenvalue weighted by molar-refractivity contribution is 0.243. The largest absolute Gasteiger partial charge is 0.338 e. The van der Waals surface area contributed by atoms with Crippen molar-refractivity contribution in [2.75, 3.05) is 17.2 Å². The number of hydrogen-bond acceptors (Lipinski definition) is 2. The van der Waals surface area contributed by atoms with E-state index in [1.165, 1.54) is 12.8 Å². The van der Waals surface area contributed by atoms with E-state index in [1.807, 2.05) is 39.8 Å². The molecule has 0 spiro atoms. The van der Waals surface area contributed by atoms with Crippen molar-refractivity contribution in [1.29, 1.82) is 0 Å². The number of benzene rings is 1. The Morgan fingerprint density at radius 1 is 0.960 bits per heavy atom. The lowest BCUT2D eigenvalue weighted by Crippen LogP contribution is -2.43. The van der Waals surface area contributed by atoms with E-state index in [-0.39, 0.29) is 17.6 Å². The fourth-order valence-corrected chi connectivity index (χ4v) is 2.32.